The minimum absolute atomic E-state index is 0.0303. The number of aliphatic hydroxyl groups excluding tert-OH is 1. The Morgan fingerprint density at radius 3 is 2.85 bits per heavy atom. The summed E-state index contributed by atoms with van der Waals surface area (Å²) in [5, 5.41) is 11.3. The molecule has 13 heavy (non-hydrogen) atoms. The quantitative estimate of drug-likeness (QED) is 0.536. The van der Waals surface area contributed by atoms with E-state index in [1.165, 1.54) is 0 Å². The topological polar surface area (TPSA) is 49.3 Å². The van der Waals surface area contributed by atoms with Crippen molar-refractivity contribution in [1.82, 2.24) is 5.32 Å². The number of carbonyl (C=O) groups is 1. The lowest BCUT2D eigenvalue weighted by Gasteiger charge is -2.05. The molecule has 0 aromatic rings. The summed E-state index contributed by atoms with van der Waals surface area (Å²) in [6.07, 6.45) is 0.827. The van der Waals surface area contributed by atoms with Crippen LogP contribution >= 0.6 is 27.7 Å². The van der Waals surface area contributed by atoms with E-state index in [0.717, 1.165) is 17.9 Å². The molecular weight excluding hydrogens is 254 g/mol. The van der Waals surface area contributed by atoms with Crippen molar-refractivity contribution < 1.29 is 9.90 Å². The Kier molecular flexibility index (Phi) is 9.02. The Balaban J connectivity index is 3.12. The molecule has 1 amide bonds. The third-order valence-electron chi connectivity index (χ3n) is 1.35. The van der Waals surface area contributed by atoms with Crippen LogP contribution in [0.3, 0.4) is 0 Å². The van der Waals surface area contributed by atoms with Gasteiger partial charge in [0.2, 0.25) is 5.91 Å². The molecule has 2 N–H and O–H groups in total. The number of nitrogens with one attached hydrogen (secondary N) is 1. The highest BCUT2D eigenvalue weighted by molar-refractivity contribution is 9.10. The molecule has 0 radical (unpaired) electrons. The molecule has 0 aromatic carbocycles. The molecule has 78 valence electrons. The van der Waals surface area contributed by atoms with Gasteiger partial charge in [0.25, 0.3) is 0 Å². The van der Waals surface area contributed by atoms with Crippen LogP contribution in [-0.4, -0.2) is 40.5 Å². The van der Waals surface area contributed by atoms with Crippen LogP contribution in [-0.2, 0) is 4.79 Å². The van der Waals surface area contributed by atoms with Crippen LogP contribution in [0.1, 0.15) is 13.3 Å². The Labute approximate surface area is 91.8 Å². The number of amides is 1. The molecule has 0 aromatic heterocycles. The van der Waals surface area contributed by atoms with Gasteiger partial charge in [-0.05, 0) is 19.1 Å². The van der Waals surface area contributed by atoms with Gasteiger partial charge in [-0.1, -0.05) is 15.9 Å². The van der Waals surface area contributed by atoms with E-state index in [9.17, 15) is 4.79 Å². The van der Waals surface area contributed by atoms with Crippen LogP contribution in [0.5, 0.6) is 0 Å². The van der Waals surface area contributed by atoms with Gasteiger partial charge in [0.05, 0.1) is 4.83 Å². The molecule has 0 rings (SSSR count). The molecule has 1 unspecified atom stereocenters. The third-order valence-corrected chi connectivity index (χ3v) is 2.84. The van der Waals surface area contributed by atoms with Gasteiger partial charge in [0.15, 0.2) is 0 Å². The zero-order valence-electron chi connectivity index (χ0n) is 7.75. The zero-order chi connectivity index (χ0) is 10.1. The molecule has 0 bridgehead atoms. The van der Waals surface area contributed by atoms with Gasteiger partial charge in [0, 0.05) is 18.9 Å². The van der Waals surface area contributed by atoms with Crippen LogP contribution in [0.4, 0.5) is 0 Å². The maximum atomic E-state index is 11.0. The van der Waals surface area contributed by atoms with Crippen LogP contribution in [0.2, 0.25) is 0 Å². The van der Waals surface area contributed by atoms with Gasteiger partial charge in [-0.3, -0.25) is 4.79 Å². The number of alkyl halides is 1. The smallest absolute Gasteiger partial charge is 0.233 e. The van der Waals surface area contributed by atoms with Gasteiger partial charge in [-0.2, -0.15) is 11.8 Å². The van der Waals surface area contributed by atoms with Crippen LogP contribution in [0.15, 0.2) is 0 Å². The number of thioether (sulfide) groups is 1. The van der Waals surface area contributed by atoms with Crippen LogP contribution < -0.4 is 5.32 Å². The lowest BCUT2D eigenvalue weighted by Crippen LogP contribution is -2.31. The Hall–Kier alpha value is 0.260. The molecule has 1 atom stereocenters. The van der Waals surface area contributed by atoms with Crippen molar-refractivity contribution in [1.29, 1.82) is 0 Å². The van der Waals surface area contributed by atoms with Crippen molar-refractivity contribution >= 4 is 33.6 Å². The highest BCUT2D eigenvalue weighted by Gasteiger charge is 2.06. The zero-order valence-corrected chi connectivity index (χ0v) is 10.2. The molecule has 0 aliphatic rings. The van der Waals surface area contributed by atoms with Crippen LogP contribution in [0, 0.1) is 0 Å². The first-order valence-corrected chi connectivity index (χ1v) is 6.36. The summed E-state index contributed by atoms with van der Waals surface area (Å²) >= 11 is 4.92. The van der Waals surface area contributed by atoms with E-state index in [-0.39, 0.29) is 17.3 Å². The first-order valence-electron chi connectivity index (χ1n) is 4.29. The van der Waals surface area contributed by atoms with E-state index in [1.54, 1.807) is 18.7 Å². The Morgan fingerprint density at radius 1 is 1.62 bits per heavy atom. The molecule has 0 aliphatic carbocycles. The maximum absolute atomic E-state index is 11.0. The maximum Gasteiger partial charge on any atom is 0.233 e. The number of aliphatic hydroxyl groups is 1. The van der Waals surface area contributed by atoms with Crippen molar-refractivity contribution in [2.24, 2.45) is 0 Å². The molecule has 3 nitrogen and oxygen atoms in total. The summed E-state index contributed by atoms with van der Waals surface area (Å²) in [4.78, 5) is 10.9. The lowest BCUT2D eigenvalue weighted by atomic mass is 10.4. The second kappa shape index (κ2) is 8.84. The van der Waals surface area contributed by atoms with Crippen molar-refractivity contribution in [3.63, 3.8) is 0 Å². The van der Waals surface area contributed by atoms with E-state index >= 15 is 0 Å². The SMILES string of the molecule is CC(Br)C(=O)NCCSCCCO. The fourth-order valence-electron chi connectivity index (χ4n) is 0.656. The summed E-state index contributed by atoms with van der Waals surface area (Å²) in [5.41, 5.74) is 0. The standard InChI is InChI=1S/C8H16BrNO2S/c1-7(9)8(12)10-3-6-13-5-2-4-11/h7,11H,2-6H2,1H3,(H,10,12). The summed E-state index contributed by atoms with van der Waals surface area (Å²) in [7, 11) is 0. The average Bonchev–Trinajstić information content (AvgIpc) is 2.10. The van der Waals surface area contributed by atoms with Gasteiger partial charge in [-0.15, -0.1) is 0 Å². The molecule has 0 saturated carbocycles. The third kappa shape index (κ3) is 8.59. The molecule has 0 saturated heterocycles. The van der Waals surface area contributed by atoms with Crippen LogP contribution in [0.25, 0.3) is 0 Å². The summed E-state index contributed by atoms with van der Waals surface area (Å²) in [6.45, 7) is 2.75. The van der Waals surface area contributed by atoms with E-state index in [4.69, 9.17) is 5.11 Å². The second-order valence-electron chi connectivity index (χ2n) is 2.60. The lowest BCUT2D eigenvalue weighted by molar-refractivity contribution is -0.120. The molecule has 0 heterocycles. The van der Waals surface area contributed by atoms with E-state index in [0.29, 0.717) is 6.54 Å². The molecule has 5 heteroatoms. The highest BCUT2D eigenvalue weighted by atomic mass is 79.9. The fourth-order valence-corrected chi connectivity index (χ4v) is 1.60. The average molecular weight is 270 g/mol. The predicted octanol–water partition coefficient (Wildman–Crippen LogP) is 1.00. The number of hydrogen-bond acceptors (Lipinski definition) is 3. The fraction of sp³-hybridized carbons (Fsp3) is 0.875. The van der Waals surface area contributed by atoms with Crippen molar-refractivity contribution in [2.45, 2.75) is 18.2 Å². The van der Waals surface area contributed by atoms with Crippen molar-refractivity contribution in [2.75, 3.05) is 24.7 Å². The normalized spacial score (nSPS) is 12.5. The van der Waals surface area contributed by atoms with Gasteiger partial charge in [0.1, 0.15) is 0 Å². The molecule has 0 fully saturated rings. The molecular formula is C8H16BrNO2S. The minimum Gasteiger partial charge on any atom is -0.396 e. The number of carbonyl (C=O) groups excluding carboxylic acids is 1. The Morgan fingerprint density at radius 2 is 2.31 bits per heavy atom. The number of rotatable bonds is 7. The number of halogens is 1. The van der Waals surface area contributed by atoms with E-state index in [1.807, 2.05) is 0 Å². The predicted molar refractivity (Wildman–Crippen MR) is 60.4 cm³/mol. The molecule has 0 spiro atoms. The first-order chi connectivity index (χ1) is 6.18. The summed E-state index contributed by atoms with van der Waals surface area (Å²) in [6, 6.07) is 0. The monoisotopic (exact) mass is 269 g/mol. The molecule has 0 aliphatic heterocycles. The van der Waals surface area contributed by atoms with E-state index < -0.39 is 0 Å². The van der Waals surface area contributed by atoms with E-state index in [2.05, 4.69) is 21.2 Å². The Bertz CT molecular complexity index is 144. The largest absolute Gasteiger partial charge is 0.396 e. The van der Waals surface area contributed by atoms with Gasteiger partial charge in [-0.25, -0.2) is 0 Å². The second-order valence-corrected chi connectivity index (χ2v) is 5.19. The number of hydrogen-bond donors (Lipinski definition) is 2. The summed E-state index contributed by atoms with van der Waals surface area (Å²) < 4.78 is 0. The summed E-state index contributed by atoms with van der Waals surface area (Å²) in [5.74, 6) is 1.89. The minimum atomic E-state index is -0.116. The van der Waals surface area contributed by atoms with Gasteiger partial charge < -0.3 is 10.4 Å². The highest BCUT2D eigenvalue weighted by Crippen LogP contribution is 2.01. The van der Waals surface area contributed by atoms with Gasteiger partial charge >= 0.3 is 0 Å². The van der Waals surface area contributed by atoms with Crippen molar-refractivity contribution in [3.8, 4) is 0 Å². The van der Waals surface area contributed by atoms with Crippen molar-refractivity contribution in [3.05, 3.63) is 0 Å². The first kappa shape index (κ1) is 13.3.